The number of carbonyl (C=O) groups excluding carboxylic acids is 2. The SMILES string of the molecule is Cc1ccccc1Nc1ncc(C(=O)NC2CS(=O)(=O)C2)cc1NC(=O)c1cncc2ccccc12. The van der Waals surface area contributed by atoms with E-state index in [1.165, 1.54) is 18.5 Å². The number of sulfone groups is 1. The van der Waals surface area contributed by atoms with E-state index in [4.69, 9.17) is 0 Å². The third-order valence-corrected chi connectivity index (χ3v) is 7.77. The second-order valence-electron chi connectivity index (χ2n) is 8.67. The molecule has 0 radical (unpaired) electrons. The Labute approximate surface area is 207 Å². The van der Waals surface area contributed by atoms with Gasteiger partial charge in [0.25, 0.3) is 11.8 Å². The second kappa shape index (κ2) is 9.38. The van der Waals surface area contributed by atoms with Crippen LogP contribution >= 0.6 is 0 Å². The van der Waals surface area contributed by atoms with Gasteiger partial charge in [-0.2, -0.15) is 0 Å². The predicted molar refractivity (Wildman–Crippen MR) is 138 cm³/mol. The van der Waals surface area contributed by atoms with Crippen LogP contribution in [0.1, 0.15) is 26.3 Å². The lowest BCUT2D eigenvalue weighted by Crippen LogP contribution is -2.52. The maximum Gasteiger partial charge on any atom is 0.257 e. The van der Waals surface area contributed by atoms with Crippen LogP contribution in [0.2, 0.25) is 0 Å². The van der Waals surface area contributed by atoms with E-state index in [9.17, 15) is 18.0 Å². The van der Waals surface area contributed by atoms with Crippen molar-refractivity contribution in [1.29, 1.82) is 0 Å². The smallest absolute Gasteiger partial charge is 0.257 e. The first-order valence-electron chi connectivity index (χ1n) is 11.3. The molecular formula is C26H23N5O4S. The summed E-state index contributed by atoms with van der Waals surface area (Å²) in [5.41, 5.74) is 2.64. The zero-order valence-electron chi connectivity index (χ0n) is 19.4. The third kappa shape index (κ3) is 4.89. The molecule has 2 aromatic carbocycles. The fourth-order valence-electron chi connectivity index (χ4n) is 4.03. The zero-order valence-corrected chi connectivity index (χ0v) is 20.2. The Morgan fingerprint density at radius 3 is 2.44 bits per heavy atom. The summed E-state index contributed by atoms with van der Waals surface area (Å²) >= 11 is 0. The first-order valence-corrected chi connectivity index (χ1v) is 13.1. The Kier molecular flexibility index (Phi) is 6.11. The molecule has 0 atom stereocenters. The van der Waals surface area contributed by atoms with Crippen LogP contribution in [0.3, 0.4) is 0 Å². The van der Waals surface area contributed by atoms with Gasteiger partial charge in [-0.25, -0.2) is 13.4 Å². The molecule has 3 N–H and O–H groups in total. The third-order valence-electron chi connectivity index (χ3n) is 5.95. The van der Waals surface area contributed by atoms with E-state index in [1.807, 2.05) is 55.5 Å². The molecule has 1 aliphatic rings. The van der Waals surface area contributed by atoms with Crippen molar-refractivity contribution in [2.24, 2.45) is 0 Å². The number of para-hydroxylation sites is 1. The quantitative estimate of drug-likeness (QED) is 0.369. The van der Waals surface area contributed by atoms with Crippen molar-refractivity contribution in [2.75, 3.05) is 22.1 Å². The van der Waals surface area contributed by atoms with E-state index in [0.717, 1.165) is 22.0 Å². The summed E-state index contributed by atoms with van der Waals surface area (Å²) < 4.78 is 22.9. The first-order chi connectivity index (χ1) is 17.3. The molecule has 9 nitrogen and oxygen atoms in total. The molecule has 3 heterocycles. The maximum absolute atomic E-state index is 13.3. The largest absolute Gasteiger partial charge is 0.347 e. The van der Waals surface area contributed by atoms with Gasteiger partial charge in [0.15, 0.2) is 15.7 Å². The molecule has 1 saturated heterocycles. The minimum Gasteiger partial charge on any atom is -0.347 e. The molecule has 0 unspecified atom stereocenters. The van der Waals surface area contributed by atoms with Crippen LogP contribution in [0, 0.1) is 6.92 Å². The van der Waals surface area contributed by atoms with Gasteiger partial charge in [0.2, 0.25) is 0 Å². The van der Waals surface area contributed by atoms with Crippen molar-refractivity contribution in [3.05, 3.63) is 89.9 Å². The van der Waals surface area contributed by atoms with Crippen molar-refractivity contribution in [3.63, 3.8) is 0 Å². The lowest BCUT2D eigenvalue weighted by molar-refractivity contribution is 0.0940. The van der Waals surface area contributed by atoms with E-state index in [0.29, 0.717) is 17.1 Å². The Bertz CT molecular complexity index is 1590. The monoisotopic (exact) mass is 501 g/mol. The van der Waals surface area contributed by atoms with Crippen molar-refractivity contribution >= 4 is 49.6 Å². The van der Waals surface area contributed by atoms with Crippen molar-refractivity contribution in [3.8, 4) is 0 Å². The summed E-state index contributed by atoms with van der Waals surface area (Å²) in [7, 11) is -3.08. The maximum atomic E-state index is 13.3. The van der Waals surface area contributed by atoms with Crippen molar-refractivity contribution < 1.29 is 18.0 Å². The van der Waals surface area contributed by atoms with Crippen LogP contribution in [-0.4, -0.2) is 47.7 Å². The van der Waals surface area contributed by atoms with Gasteiger partial charge in [-0.05, 0) is 30.0 Å². The molecule has 0 spiro atoms. The van der Waals surface area contributed by atoms with Gasteiger partial charge in [0.05, 0.1) is 34.4 Å². The molecule has 10 heteroatoms. The molecule has 36 heavy (non-hydrogen) atoms. The molecule has 0 saturated carbocycles. The highest BCUT2D eigenvalue weighted by atomic mass is 32.2. The second-order valence-corrected chi connectivity index (χ2v) is 10.8. The molecule has 1 fully saturated rings. The fraction of sp³-hybridized carbons (Fsp3) is 0.154. The fourth-order valence-corrected chi connectivity index (χ4v) is 5.32. The lowest BCUT2D eigenvalue weighted by atomic mass is 10.1. The Balaban J connectivity index is 1.47. The molecule has 0 bridgehead atoms. The van der Waals surface area contributed by atoms with Crippen LogP contribution in [0.4, 0.5) is 17.2 Å². The number of nitrogens with zero attached hydrogens (tertiary/aromatic N) is 2. The number of hydrogen-bond acceptors (Lipinski definition) is 7. The van der Waals surface area contributed by atoms with Crippen LogP contribution in [0.15, 0.2) is 73.2 Å². The molecule has 5 rings (SSSR count). The number of nitrogens with one attached hydrogen (secondary N) is 3. The predicted octanol–water partition coefficient (Wildman–Crippen LogP) is 3.46. The standard InChI is InChI=1S/C26H23N5O4S/c1-16-6-2-5-9-22(16)30-24-23(10-18(12-28-24)25(32)29-19-14-36(34,35)15-19)31-26(33)21-13-27-11-17-7-3-4-8-20(17)21/h2-13,19H,14-15H2,1H3,(H,28,30)(H,29,32)(H,31,33). The van der Waals surface area contributed by atoms with E-state index in [2.05, 4.69) is 25.9 Å². The van der Waals surface area contributed by atoms with E-state index in [1.54, 1.807) is 6.20 Å². The average Bonchev–Trinajstić information content (AvgIpc) is 2.84. The first kappa shape index (κ1) is 23.4. The number of hydrogen-bond donors (Lipinski definition) is 3. The molecule has 182 valence electrons. The highest BCUT2D eigenvalue weighted by Gasteiger charge is 2.34. The number of aryl methyl sites for hydroxylation is 1. The molecule has 0 aliphatic carbocycles. The van der Waals surface area contributed by atoms with E-state index in [-0.39, 0.29) is 17.1 Å². The highest BCUT2D eigenvalue weighted by Crippen LogP contribution is 2.28. The number of amides is 2. The van der Waals surface area contributed by atoms with Crippen LogP contribution in [-0.2, 0) is 9.84 Å². The lowest BCUT2D eigenvalue weighted by Gasteiger charge is -2.26. The number of benzene rings is 2. The summed E-state index contributed by atoms with van der Waals surface area (Å²) in [4.78, 5) is 34.7. The van der Waals surface area contributed by atoms with Gasteiger partial charge in [-0.1, -0.05) is 42.5 Å². The van der Waals surface area contributed by atoms with Crippen molar-refractivity contribution in [2.45, 2.75) is 13.0 Å². The average molecular weight is 502 g/mol. The van der Waals surface area contributed by atoms with E-state index < -0.39 is 27.7 Å². The van der Waals surface area contributed by atoms with Gasteiger partial charge in [0.1, 0.15) is 0 Å². The summed E-state index contributed by atoms with van der Waals surface area (Å²) in [5.74, 6) is -0.689. The molecule has 4 aromatic rings. The van der Waals surface area contributed by atoms with Crippen LogP contribution in [0.5, 0.6) is 0 Å². The number of carbonyl (C=O) groups is 2. The summed E-state index contributed by atoms with van der Waals surface area (Å²) in [5, 5.41) is 10.4. The van der Waals surface area contributed by atoms with Gasteiger partial charge in [-0.3, -0.25) is 14.6 Å². The zero-order chi connectivity index (χ0) is 25.3. The Morgan fingerprint density at radius 2 is 1.67 bits per heavy atom. The van der Waals surface area contributed by atoms with E-state index >= 15 is 0 Å². The topological polar surface area (TPSA) is 130 Å². The highest BCUT2D eigenvalue weighted by molar-refractivity contribution is 7.92. The number of pyridine rings is 2. The normalized spacial score (nSPS) is 14.6. The van der Waals surface area contributed by atoms with Gasteiger partial charge in [-0.15, -0.1) is 0 Å². The summed E-state index contributed by atoms with van der Waals surface area (Å²) in [6, 6.07) is 16.1. The minimum atomic E-state index is -3.08. The Hall–Kier alpha value is -4.31. The number of fused-ring (bicyclic) bond motifs is 1. The number of anilines is 3. The van der Waals surface area contributed by atoms with Crippen LogP contribution in [0.25, 0.3) is 10.8 Å². The number of aromatic nitrogens is 2. The van der Waals surface area contributed by atoms with Gasteiger partial charge >= 0.3 is 0 Å². The molecule has 2 aromatic heterocycles. The summed E-state index contributed by atoms with van der Waals surface area (Å²) in [6.07, 6.45) is 4.57. The van der Waals surface area contributed by atoms with Crippen LogP contribution < -0.4 is 16.0 Å². The van der Waals surface area contributed by atoms with Gasteiger partial charge in [0, 0.05) is 29.7 Å². The van der Waals surface area contributed by atoms with Crippen molar-refractivity contribution in [1.82, 2.24) is 15.3 Å². The van der Waals surface area contributed by atoms with Gasteiger partial charge < -0.3 is 16.0 Å². The molecular weight excluding hydrogens is 478 g/mol. The molecule has 1 aliphatic heterocycles. The Morgan fingerprint density at radius 1 is 0.917 bits per heavy atom. The minimum absolute atomic E-state index is 0.0865. The number of rotatable bonds is 6. The molecule has 2 amide bonds. The summed E-state index contributed by atoms with van der Waals surface area (Å²) in [6.45, 7) is 1.94.